The number of nitrogens with zero attached hydrogens (tertiary/aromatic N) is 2. The van der Waals surface area contributed by atoms with Crippen molar-refractivity contribution in [2.24, 2.45) is 10.7 Å². The number of aliphatic imine (C=N–C) groups is 1. The minimum absolute atomic E-state index is 0.134. The summed E-state index contributed by atoms with van der Waals surface area (Å²) in [6.45, 7) is 1.16. The van der Waals surface area contributed by atoms with Crippen LogP contribution in [0.3, 0.4) is 0 Å². The molecular formula is C14H13BrFN3S. The summed E-state index contributed by atoms with van der Waals surface area (Å²) in [5, 5.41) is 2.02. The lowest BCUT2D eigenvalue weighted by Gasteiger charge is -2.26. The van der Waals surface area contributed by atoms with Gasteiger partial charge in [-0.25, -0.2) is 4.39 Å². The van der Waals surface area contributed by atoms with Gasteiger partial charge < -0.3 is 10.6 Å². The minimum atomic E-state index is -0.231. The van der Waals surface area contributed by atoms with Gasteiger partial charge in [0.25, 0.3) is 0 Å². The van der Waals surface area contributed by atoms with Crippen LogP contribution in [-0.4, -0.2) is 17.4 Å². The Bertz CT molecular complexity index is 642. The lowest BCUT2D eigenvalue weighted by atomic mass is 10.1. The van der Waals surface area contributed by atoms with E-state index in [-0.39, 0.29) is 11.9 Å². The van der Waals surface area contributed by atoms with Crippen LogP contribution >= 0.6 is 27.3 Å². The molecule has 0 saturated carbocycles. The SMILES string of the molecule is NC1=NCC(c2ccc(Br)cc2F)N1Cc1cccs1. The Kier molecular flexibility index (Phi) is 3.76. The zero-order valence-corrected chi connectivity index (χ0v) is 13.0. The Hall–Kier alpha value is -1.40. The third kappa shape index (κ3) is 2.58. The fraction of sp³-hybridized carbons (Fsp3) is 0.214. The number of halogens is 2. The normalized spacial score (nSPS) is 18.4. The van der Waals surface area contributed by atoms with E-state index in [1.807, 2.05) is 28.5 Å². The van der Waals surface area contributed by atoms with Gasteiger partial charge in [-0.2, -0.15) is 0 Å². The zero-order valence-electron chi connectivity index (χ0n) is 10.6. The van der Waals surface area contributed by atoms with E-state index in [2.05, 4.69) is 20.9 Å². The van der Waals surface area contributed by atoms with Crippen molar-refractivity contribution < 1.29 is 4.39 Å². The second kappa shape index (κ2) is 5.54. The molecule has 1 unspecified atom stereocenters. The molecule has 0 radical (unpaired) electrons. The fourth-order valence-corrected chi connectivity index (χ4v) is 3.36. The third-order valence-corrected chi connectivity index (χ3v) is 4.68. The summed E-state index contributed by atoms with van der Waals surface area (Å²) in [6, 6.07) is 9.03. The van der Waals surface area contributed by atoms with Gasteiger partial charge in [0, 0.05) is 14.9 Å². The molecule has 2 N–H and O–H groups in total. The van der Waals surface area contributed by atoms with E-state index in [0.29, 0.717) is 24.6 Å². The molecule has 3 nitrogen and oxygen atoms in total. The number of hydrogen-bond acceptors (Lipinski definition) is 4. The van der Waals surface area contributed by atoms with Crippen molar-refractivity contribution in [3.8, 4) is 0 Å². The average molecular weight is 354 g/mol. The molecule has 1 aliphatic rings. The van der Waals surface area contributed by atoms with E-state index in [9.17, 15) is 4.39 Å². The highest BCUT2D eigenvalue weighted by molar-refractivity contribution is 9.10. The molecule has 0 amide bonds. The lowest BCUT2D eigenvalue weighted by molar-refractivity contribution is 0.334. The van der Waals surface area contributed by atoms with Crippen LogP contribution in [-0.2, 0) is 6.54 Å². The van der Waals surface area contributed by atoms with Crippen LogP contribution in [0, 0.1) is 5.82 Å². The van der Waals surface area contributed by atoms with E-state index < -0.39 is 0 Å². The summed E-state index contributed by atoms with van der Waals surface area (Å²) >= 11 is 4.94. The molecule has 1 aliphatic heterocycles. The van der Waals surface area contributed by atoms with Crippen LogP contribution in [0.15, 0.2) is 45.2 Å². The number of guanidine groups is 1. The van der Waals surface area contributed by atoms with Crippen LogP contribution in [0.1, 0.15) is 16.5 Å². The van der Waals surface area contributed by atoms with Gasteiger partial charge in [0.15, 0.2) is 5.96 Å². The molecule has 0 spiro atoms. The molecule has 104 valence electrons. The van der Waals surface area contributed by atoms with Crippen molar-refractivity contribution in [2.45, 2.75) is 12.6 Å². The first-order valence-corrected chi connectivity index (χ1v) is 7.86. The predicted molar refractivity (Wildman–Crippen MR) is 83.2 cm³/mol. The maximum Gasteiger partial charge on any atom is 0.192 e. The first-order valence-electron chi connectivity index (χ1n) is 6.19. The van der Waals surface area contributed by atoms with Crippen molar-refractivity contribution in [1.29, 1.82) is 0 Å². The van der Waals surface area contributed by atoms with Gasteiger partial charge in [0.2, 0.25) is 0 Å². The number of thiophene rings is 1. The van der Waals surface area contributed by atoms with Gasteiger partial charge in [-0.1, -0.05) is 28.1 Å². The van der Waals surface area contributed by atoms with Crippen molar-refractivity contribution in [2.75, 3.05) is 6.54 Å². The maximum atomic E-state index is 14.1. The van der Waals surface area contributed by atoms with Gasteiger partial charge in [-0.15, -0.1) is 11.3 Å². The highest BCUT2D eigenvalue weighted by atomic mass is 79.9. The molecular weight excluding hydrogens is 341 g/mol. The third-order valence-electron chi connectivity index (χ3n) is 3.32. The van der Waals surface area contributed by atoms with E-state index in [1.54, 1.807) is 17.4 Å². The van der Waals surface area contributed by atoms with Crippen molar-refractivity contribution in [3.05, 3.63) is 56.4 Å². The molecule has 1 aromatic carbocycles. The minimum Gasteiger partial charge on any atom is -0.370 e. The van der Waals surface area contributed by atoms with Crippen LogP contribution in [0.4, 0.5) is 4.39 Å². The van der Waals surface area contributed by atoms with Crippen LogP contribution in [0.25, 0.3) is 0 Å². The van der Waals surface area contributed by atoms with Crippen molar-refractivity contribution in [3.63, 3.8) is 0 Å². The maximum absolute atomic E-state index is 14.1. The monoisotopic (exact) mass is 353 g/mol. The number of benzene rings is 1. The Morgan fingerprint density at radius 3 is 3.00 bits per heavy atom. The van der Waals surface area contributed by atoms with E-state index in [1.165, 1.54) is 10.9 Å². The Morgan fingerprint density at radius 2 is 2.30 bits per heavy atom. The van der Waals surface area contributed by atoms with E-state index in [0.717, 1.165) is 4.47 Å². The topological polar surface area (TPSA) is 41.6 Å². The van der Waals surface area contributed by atoms with Crippen LogP contribution in [0.5, 0.6) is 0 Å². The fourth-order valence-electron chi connectivity index (χ4n) is 2.33. The van der Waals surface area contributed by atoms with Gasteiger partial charge >= 0.3 is 0 Å². The van der Waals surface area contributed by atoms with Gasteiger partial charge in [-0.05, 0) is 23.6 Å². The second-order valence-corrected chi connectivity index (χ2v) is 6.54. The van der Waals surface area contributed by atoms with Gasteiger partial charge in [-0.3, -0.25) is 4.99 Å². The van der Waals surface area contributed by atoms with Gasteiger partial charge in [0.1, 0.15) is 5.82 Å². The Balaban J connectivity index is 1.88. The summed E-state index contributed by atoms with van der Waals surface area (Å²) in [5.74, 6) is 0.246. The van der Waals surface area contributed by atoms with Crippen LogP contribution in [0.2, 0.25) is 0 Å². The first kappa shape index (κ1) is 13.6. The molecule has 3 rings (SSSR count). The summed E-state index contributed by atoms with van der Waals surface area (Å²) in [5.41, 5.74) is 6.59. The molecule has 2 heterocycles. The molecule has 2 aromatic rings. The molecule has 0 bridgehead atoms. The zero-order chi connectivity index (χ0) is 14.1. The highest BCUT2D eigenvalue weighted by Gasteiger charge is 2.29. The number of hydrogen-bond donors (Lipinski definition) is 1. The van der Waals surface area contributed by atoms with Crippen molar-refractivity contribution >= 4 is 33.2 Å². The second-order valence-electron chi connectivity index (χ2n) is 4.59. The first-order chi connectivity index (χ1) is 9.65. The smallest absolute Gasteiger partial charge is 0.192 e. The van der Waals surface area contributed by atoms with E-state index in [4.69, 9.17) is 5.73 Å². The Morgan fingerprint density at radius 1 is 1.45 bits per heavy atom. The van der Waals surface area contributed by atoms with E-state index >= 15 is 0 Å². The predicted octanol–water partition coefficient (Wildman–Crippen LogP) is 3.52. The summed E-state index contributed by atoms with van der Waals surface area (Å²) < 4.78 is 14.9. The highest BCUT2D eigenvalue weighted by Crippen LogP contribution is 2.31. The lowest BCUT2D eigenvalue weighted by Crippen LogP contribution is -2.35. The number of nitrogens with two attached hydrogens (primary N) is 1. The van der Waals surface area contributed by atoms with Gasteiger partial charge in [0.05, 0.1) is 19.1 Å². The summed E-state index contributed by atoms with van der Waals surface area (Å²) in [6.07, 6.45) is 0. The molecule has 0 aliphatic carbocycles. The molecule has 1 atom stereocenters. The quantitative estimate of drug-likeness (QED) is 0.916. The van der Waals surface area contributed by atoms with Crippen LogP contribution < -0.4 is 5.73 Å². The summed E-state index contributed by atoms with van der Waals surface area (Å²) in [4.78, 5) is 7.41. The molecule has 0 saturated heterocycles. The molecule has 1 aromatic heterocycles. The average Bonchev–Trinajstić information content (AvgIpc) is 3.03. The molecule has 6 heteroatoms. The molecule has 20 heavy (non-hydrogen) atoms. The number of rotatable bonds is 3. The standard InChI is InChI=1S/C14H13BrFN3S/c15-9-3-4-11(12(16)6-9)13-7-18-14(17)19(13)8-10-2-1-5-20-10/h1-6,13H,7-8H2,(H2,17,18). The van der Waals surface area contributed by atoms with Crippen molar-refractivity contribution in [1.82, 2.24) is 4.90 Å². The summed E-state index contributed by atoms with van der Waals surface area (Å²) in [7, 11) is 0. The largest absolute Gasteiger partial charge is 0.370 e. The molecule has 0 fully saturated rings. The Labute approximate surface area is 129 Å².